The van der Waals surface area contributed by atoms with Crippen LogP contribution in [0.25, 0.3) is 0 Å². The maximum atomic E-state index is 10.7. The Morgan fingerprint density at radius 3 is 2.65 bits per heavy atom. The first-order valence-electron chi connectivity index (χ1n) is 5.64. The Kier molecular flexibility index (Phi) is 3.87. The summed E-state index contributed by atoms with van der Waals surface area (Å²) < 4.78 is 5.62. The number of halogens is 1. The van der Waals surface area contributed by atoms with Crippen LogP contribution in [0.3, 0.4) is 0 Å². The molecule has 2 rings (SSSR count). The standard InChI is InChI=1S/C14H9ClN2O3/c1-9-2-3-11(15)7-14(9)20-13-5-4-12(17(18)19)6-10(13)8-16/h2-7H,1H3. The number of rotatable bonds is 3. The molecule has 0 aromatic heterocycles. The minimum absolute atomic E-state index is 0.0959. The summed E-state index contributed by atoms with van der Waals surface area (Å²) in [6.07, 6.45) is 0. The van der Waals surface area contributed by atoms with Crippen LogP contribution < -0.4 is 4.74 Å². The number of non-ortho nitro benzene ring substituents is 1. The van der Waals surface area contributed by atoms with Crippen LogP contribution in [-0.4, -0.2) is 4.92 Å². The first kappa shape index (κ1) is 13.8. The Morgan fingerprint density at radius 2 is 2.00 bits per heavy atom. The molecule has 6 heteroatoms. The average Bonchev–Trinajstić information content (AvgIpc) is 2.43. The number of nitro benzene ring substituents is 1. The molecule has 0 saturated carbocycles. The van der Waals surface area contributed by atoms with Crippen LogP contribution in [0, 0.1) is 28.4 Å². The minimum Gasteiger partial charge on any atom is -0.456 e. The van der Waals surface area contributed by atoms with Gasteiger partial charge in [0.05, 0.1) is 4.92 Å². The molecule has 5 nitrogen and oxygen atoms in total. The Hall–Kier alpha value is -2.58. The van der Waals surface area contributed by atoms with Crippen molar-refractivity contribution in [3.8, 4) is 17.6 Å². The van der Waals surface area contributed by atoms with Crippen LogP contribution in [0.15, 0.2) is 36.4 Å². The largest absolute Gasteiger partial charge is 0.456 e. The second-order valence-corrected chi connectivity index (χ2v) is 4.50. The van der Waals surface area contributed by atoms with E-state index >= 15 is 0 Å². The fourth-order valence-electron chi connectivity index (χ4n) is 1.61. The molecule has 0 aliphatic heterocycles. The first-order chi connectivity index (χ1) is 9.51. The number of nitrogens with zero attached hydrogens (tertiary/aromatic N) is 2. The number of hydrogen-bond acceptors (Lipinski definition) is 4. The molecule has 2 aromatic rings. The highest BCUT2D eigenvalue weighted by atomic mass is 35.5. The molecule has 100 valence electrons. The van der Waals surface area contributed by atoms with E-state index in [-0.39, 0.29) is 17.0 Å². The molecule has 0 heterocycles. The van der Waals surface area contributed by atoms with Gasteiger partial charge < -0.3 is 4.74 Å². The van der Waals surface area contributed by atoms with E-state index in [2.05, 4.69) is 0 Å². The van der Waals surface area contributed by atoms with E-state index in [1.54, 1.807) is 18.2 Å². The molecule has 0 spiro atoms. The first-order valence-corrected chi connectivity index (χ1v) is 6.01. The van der Waals surface area contributed by atoms with Gasteiger partial charge in [0.1, 0.15) is 23.1 Å². The van der Waals surface area contributed by atoms with Crippen LogP contribution in [0.2, 0.25) is 5.02 Å². The maximum absolute atomic E-state index is 10.7. The summed E-state index contributed by atoms with van der Waals surface area (Å²) in [6, 6.07) is 10.9. The molecule has 0 N–H and O–H groups in total. The van der Waals surface area contributed by atoms with Crippen molar-refractivity contribution in [2.45, 2.75) is 6.92 Å². The van der Waals surface area contributed by atoms with Crippen LogP contribution in [-0.2, 0) is 0 Å². The van der Waals surface area contributed by atoms with Gasteiger partial charge in [-0.25, -0.2) is 0 Å². The fraction of sp³-hybridized carbons (Fsp3) is 0.0714. The van der Waals surface area contributed by atoms with Crippen molar-refractivity contribution >= 4 is 17.3 Å². The highest BCUT2D eigenvalue weighted by Crippen LogP contribution is 2.31. The Balaban J connectivity index is 2.41. The van der Waals surface area contributed by atoms with E-state index < -0.39 is 4.92 Å². The van der Waals surface area contributed by atoms with Gasteiger partial charge in [-0.05, 0) is 30.7 Å². The van der Waals surface area contributed by atoms with Gasteiger partial charge in [-0.3, -0.25) is 10.1 Å². The van der Waals surface area contributed by atoms with E-state index in [4.69, 9.17) is 21.6 Å². The lowest BCUT2D eigenvalue weighted by Crippen LogP contribution is -1.93. The second-order valence-electron chi connectivity index (χ2n) is 4.06. The zero-order valence-corrected chi connectivity index (χ0v) is 11.2. The van der Waals surface area contributed by atoms with Gasteiger partial charge in [0.15, 0.2) is 0 Å². The molecule has 0 radical (unpaired) electrons. The van der Waals surface area contributed by atoms with Gasteiger partial charge in [-0.2, -0.15) is 5.26 Å². The van der Waals surface area contributed by atoms with E-state index in [1.807, 2.05) is 13.0 Å². The van der Waals surface area contributed by atoms with E-state index in [9.17, 15) is 10.1 Å². The van der Waals surface area contributed by atoms with Gasteiger partial charge in [0.25, 0.3) is 5.69 Å². The number of ether oxygens (including phenoxy) is 1. The van der Waals surface area contributed by atoms with Crippen molar-refractivity contribution in [3.63, 3.8) is 0 Å². The summed E-state index contributed by atoms with van der Waals surface area (Å²) >= 11 is 5.89. The van der Waals surface area contributed by atoms with Crippen molar-refractivity contribution in [1.82, 2.24) is 0 Å². The molecule has 0 atom stereocenters. The van der Waals surface area contributed by atoms with Crippen LogP contribution in [0.4, 0.5) is 5.69 Å². The van der Waals surface area contributed by atoms with Gasteiger partial charge in [-0.1, -0.05) is 17.7 Å². The van der Waals surface area contributed by atoms with Crippen molar-refractivity contribution in [2.24, 2.45) is 0 Å². The molecule has 20 heavy (non-hydrogen) atoms. The zero-order valence-electron chi connectivity index (χ0n) is 10.5. The van der Waals surface area contributed by atoms with Crippen molar-refractivity contribution < 1.29 is 9.66 Å². The lowest BCUT2D eigenvalue weighted by Gasteiger charge is -2.10. The number of nitriles is 1. The normalized spacial score (nSPS) is 9.85. The van der Waals surface area contributed by atoms with Gasteiger partial charge in [-0.15, -0.1) is 0 Å². The zero-order chi connectivity index (χ0) is 14.7. The Bertz CT molecular complexity index is 723. The monoisotopic (exact) mass is 288 g/mol. The van der Waals surface area contributed by atoms with E-state index in [0.717, 1.165) is 5.56 Å². The molecule has 0 amide bonds. The third-order valence-corrected chi connectivity index (χ3v) is 2.90. The van der Waals surface area contributed by atoms with Gasteiger partial charge >= 0.3 is 0 Å². The summed E-state index contributed by atoms with van der Waals surface area (Å²) in [6.45, 7) is 1.84. The summed E-state index contributed by atoms with van der Waals surface area (Å²) in [5.74, 6) is 0.756. The minimum atomic E-state index is -0.560. The average molecular weight is 289 g/mol. The Labute approximate surface area is 120 Å². The molecule has 0 fully saturated rings. The van der Waals surface area contributed by atoms with Crippen molar-refractivity contribution in [3.05, 3.63) is 62.7 Å². The topological polar surface area (TPSA) is 76.2 Å². The lowest BCUT2D eigenvalue weighted by atomic mass is 10.2. The van der Waals surface area contributed by atoms with E-state index in [1.165, 1.54) is 18.2 Å². The molecule has 2 aromatic carbocycles. The summed E-state index contributed by atoms with van der Waals surface area (Å²) in [7, 11) is 0. The number of nitro groups is 1. The van der Waals surface area contributed by atoms with Gasteiger partial charge in [0, 0.05) is 17.2 Å². The number of hydrogen-bond donors (Lipinski definition) is 0. The van der Waals surface area contributed by atoms with Crippen LogP contribution >= 0.6 is 11.6 Å². The summed E-state index contributed by atoms with van der Waals surface area (Å²) in [4.78, 5) is 10.1. The fourth-order valence-corrected chi connectivity index (χ4v) is 1.77. The summed E-state index contributed by atoms with van der Waals surface area (Å²) in [5, 5.41) is 20.2. The molecular weight excluding hydrogens is 280 g/mol. The molecule has 0 aliphatic carbocycles. The number of aryl methyl sites for hydroxylation is 1. The maximum Gasteiger partial charge on any atom is 0.271 e. The smallest absolute Gasteiger partial charge is 0.271 e. The van der Waals surface area contributed by atoms with E-state index in [0.29, 0.717) is 10.8 Å². The predicted molar refractivity (Wildman–Crippen MR) is 74.1 cm³/mol. The van der Waals surface area contributed by atoms with Gasteiger partial charge in [0.2, 0.25) is 0 Å². The second kappa shape index (κ2) is 5.59. The molecule has 0 unspecified atom stereocenters. The van der Waals surface area contributed by atoms with Crippen LogP contribution in [0.5, 0.6) is 11.5 Å². The SMILES string of the molecule is Cc1ccc(Cl)cc1Oc1ccc([N+](=O)[O-])cc1C#N. The number of benzene rings is 2. The highest BCUT2D eigenvalue weighted by molar-refractivity contribution is 6.30. The summed E-state index contributed by atoms with van der Waals surface area (Å²) in [5.41, 5.74) is 0.784. The third kappa shape index (κ3) is 2.87. The van der Waals surface area contributed by atoms with Crippen LogP contribution in [0.1, 0.15) is 11.1 Å². The molecular formula is C14H9ClN2O3. The van der Waals surface area contributed by atoms with Crippen molar-refractivity contribution in [2.75, 3.05) is 0 Å². The predicted octanol–water partition coefficient (Wildman–Crippen LogP) is 4.22. The Morgan fingerprint density at radius 1 is 1.25 bits per heavy atom. The molecule has 0 bridgehead atoms. The quantitative estimate of drug-likeness (QED) is 0.626. The third-order valence-electron chi connectivity index (χ3n) is 2.66. The molecule has 0 aliphatic rings. The highest BCUT2D eigenvalue weighted by Gasteiger charge is 2.13. The lowest BCUT2D eigenvalue weighted by molar-refractivity contribution is -0.384. The molecule has 0 saturated heterocycles. The van der Waals surface area contributed by atoms with Crippen molar-refractivity contribution in [1.29, 1.82) is 5.26 Å².